The van der Waals surface area contributed by atoms with Gasteiger partial charge in [0.25, 0.3) is 0 Å². The number of aliphatic imine (C=N–C) groups is 1. The van der Waals surface area contributed by atoms with Gasteiger partial charge in [0.1, 0.15) is 0 Å². The normalized spacial score (nSPS) is 18.5. The van der Waals surface area contributed by atoms with E-state index in [1.165, 1.54) is 19.3 Å². The van der Waals surface area contributed by atoms with Gasteiger partial charge in [-0.3, -0.25) is 9.98 Å². The second-order valence-corrected chi connectivity index (χ2v) is 9.70. The van der Waals surface area contributed by atoms with E-state index < -0.39 is 0 Å². The maximum absolute atomic E-state index is 9.12. The summed E-state index contributed by atoms with van der Waals surface area (Å²) in [5.74, 6) is 0.911. The van der Waals surface area contributed by atoms with E-state index in [0.29, 0.717) is 0 Å². The Morgan fingerprint density at radius 1 is 1.11 bits per heavy atom. The molecule has 4 heteroatoms. The number of hydrogen-bond donors (Lipinski definition) is 1. The molecule has 0 amide bonds. The van der Waals surface area contributed by atoms with Crippen LogP contribution in [0.1, 0.15) is 69.2 Å². The van der Waals surface area contributed by atoms with Crippen molar-refractivity contribution in [3.63, 3.8) is 0 Å². The van der Waals surface area contributed by atoms with Crippen LogP contribution in [-0.4, -0.2) is 48.5 Å². The van der Waals surface area contributed by atoms with Gasteiger partial charge in [-0.2, -0.15) is 0 Å². The van der Waals surface area contributed by atoms with Crippen LogP contribution in [0.4, 0.5) is 0 Å². The van der Waals surface area contributed by atoms with Crippen LogP contribution in [0.3, 0.4) is 0 Å². The Labute approximate surface area is 219 Å². The number of aliphatic hydroxyl groups excluding tert-OH is 1. The second kappa shape index (κ2) is 15.2. The van der Waals surface area contributed by atoms with Gasteiger partial charge in [0.2, 0.25) is 0 Å². The predicted molar refractivity (Wildman–Crippen MR) is 157 cm³/mol. The summed E-state index contributed by atoms with van der Waals surface area (Å²) in [5.41, 5.74) is 7.53. The first-order valence-electron chi connectivity index (χ1n) is 13.2. The summed E-state index contributed by atoms with van der Waals surface area (Å²) in [6.45, 7) is 10.4. The number of benzene rings is 1. The molecular weight excluding hydrogens is 442 g/mol. The van der Waals surface area contributed by atoms with Crippen LogP contribution < -0.4 is 0 Å². The molecule has 1 aliphatic carbocycles. The number of pyridine rings is 1. The summed E-state index contributed by atoms with van der Waals surface area (Å²) < 4.78 is 0. The van der Waals surface area contributed by atoms with Crippen LogP contribution in [0.2, 0.25) is 0 Å². The molecule has 2 aromatic rings. The van der Waals surface area contributed by atoms with Gasteiger partial charge in [-0.25, -0.2) is 0 Å². The lowest BCUT2D eigenvalue weighted by molar-refractivity contribution is 0.108. The fourth-order valence-electron chi connectivity index (χ4n) is 4.55. The molecule has 1 N–H and O–H groups in total. The van der Waals surface area contributed by atoms with Crippen LogP contribution in [-0.2, 0) is 0 Å². The van der Waals surface area contributed by atoms with Gasteiger partial charge < -0.3 is 10.0 Å². The third kappa shape index (κ3) is 8.91. The zero-order chi connectivity index (χ0) is 26.5. The zero-order valence-corrected chi connectivity index (χ0v) is 23.2. The molecule has 36 heavy (non-hydrogen) atoms. The van der Waals surface area contributed by atoms with Crippen molar-refractivity contribution in [3.05, 3.63) is 78.1 Å². The minimum Gasteiger partial charge on any atom is -0.393 e. The molecular formula is C32H45N3O. The molecule has 3 rings (SSSR count). The molecule has 0 spiro atoms. The number of nitrogens with zero attached hydrogens (tertiary/aromatic N) is 3. The van der Waals surface area contributed by atoms with Gasteiger partial charge in [-0.05, 0) is 73.8 Å². The Bertz CT molecular complexity index is 1060. The van der Waals surface area contributed by atoms with Gasteiger partial charge in [0.15, 0.2) is 0 Å². The maximum Gasteiger partial charge on any atom is 0.0705 e. The average Bonchev–Trinajstić information content (AvgIpc) is 2.88. The van der Waals surface area contributed by atoms with E-state index >= 15 is 0 Å². The molecule has 0 unspecified atom stereocenters. The fraction of sp³-hybridized carbons (Fsp3) is 0.438. The van der Waals surface area contributed by atoms with Crippen LogP contribution in [0, 0.1) is 12.8 Å². The van der Waals surface area contributed by atoms with Crippen LogP contribution in [0.5, 0.6) is 0 Å². The molecule has 1 aromatic carbocycles. The highest BCUT2D eigenvalue weighted by Gasteiger charge is 2.17. The molecule has 194 valence electrons. The molecule has 0 bridgehead atoms. The largest absolute Gasteiger partial charge is 0.393 e. The molecule has 0 radical (unpaired) electrons. The quantitative estimate of drug-likeness (QED) is 0.308. The smallest absolute Gasteiger partial charge is 0.0705 e. The number of aliphatic hydroxyl groups is 1. The van der Waals surface area contributed by atoms with Gasteiger partial charge in [-0.1, -0.05) is 63.3 Å². The Morgan fingerprint density at radius 3 is 2.39 bits per heavy atom. The van der Waals surface area contributed by atoms with E-state index in [0.717, 1.165) is 64.4 Å². The van der Waals surface area contributed by atoms with Crippen LogP contribution in [0.15, 0.2) is 66.3 Å². The monoisotopic (exact) mass is 487 g/mol. The van der Waals surface area contributed by atoms with Gasteiger partial charge in [-0.15, -0.1) is 0 Å². The van der Waals surface area contributed by atoms with Crippen molar-refractivity contribution in [2.75, 3.05) is 21.1 Å². The molecule has 0 saturated heterocycles. The molecule has 1 heterocycles. The fourth-order valence-corrected chi connectivity index (χ4v) is 4.55. The van der Waals surface area contributed by atoms with Gasteiger partial charge in [0, 0.05) is 50.4 Å². The van der Waals surface area contributed by atoms with Crippen molar-refractivity contribution in [2.24, 2.45) is 10.9 Å². The van der Waals surface area contributed by atoms with Crippen molar-refractivity contribution >= 4 is 17.4 Å². The first-order valence-corrected chi connectivity index (χ1v) is 13.2. The van der Waals surface area contributed by atoms with Crippen molar-refractivity contribution in [1.82, 2.24) is 9.88 Å². The van der Waals surface area contributed by atoms with Crippen molar-refractivity contribution in [2.45, 2.75) is 65.4 Å². The second-order valence-electron chi connectivity index (χ2n) is 9.70. The topological polar surface area (TPSA) is 48.7 Å². The number of allylic oxidation sites excluding steroid dienone is 4. The first kappa shape index (κ1) is 29.3. The molecule has 4 nitrogen and oxygen atoms in total. The highest BCUT2D eigenvalue weighted by Crippen LogP contribution is 2.27. The Hall–Kier alpha value is -2.98. The van der Waals surface area contributed by atoms with Gasteiger partial charge >= 0.3 is 0 Å². The number of aromatic nitrogens is 1. The Kier molecular flexibility index (Phi) is 12.4. The van der Waals surface area contributed by atoms with Crippen LogP contribution >= 0.6 is 0 Å². The Balaban J connectivity index is 0.000000425. The number of rotatable bonds is 8. The molecule has 1 saturated carbocycles. The number of hydrogen-bond acceptors (Lipinski definition) is 4. The van der Waals surface area contributed by atoms with E-state index in [9.17, 15) is 0 Å². The molecule has 0 atom stereocenters. The summed E-state index contributed by atoms with van der Waals surface area (Å²) in [7, 11) is 5.82. The van der Waals surface area contributed by atoms with Crippen molar-refractivity contribution in [1.29, 1.82) is 0 Å². The van der Waals surface area contributed by atoms with E-state index in [1.807, 2.05) is 31.3 Å². The highest BCUT2D eigenvalue weighted by atomic mass is 16.3. The summed E-state index contributed by atoms with van der Waals surface area (Å²) in [6, 6.07) is 12.6. The van der Waals surface area contributed by atoms with E-state index in [-0.39, 0.29) is 6.10 Å². The third-order valence-corrected chi connectivity index (χ3v) is 6.59. The summed E-state index contributed by atoms with van der Waals surface area (Å²) in [5, 5.41) is 9.12. The lowest BCUT2D eigenvalue weighted by Crippen LogP contribution is -2.17. The molecule has 1 aromatic heterocycles. The van der Waals surface area contributed by atoms with Crippen molar-refractivity contribution in [3.8, 4) is 11.3 Å². The predicted octanol–water partition coefficient (Wildman–Crippen LogP) is 7.59. The van der Waals surface area contributed by atoms with Crippen LogP contribution in [0.25, 0.3) is 22.4 Å². The first-order chi connectivity index (χ1) is 17.3. The SMILES string of the molecule is C=C/C(=C\N(C)C)c1cccc(-c2ccc(/C(C=NC)=C/CC)c(C)n2)c1.CCC1CCC(O)CC1. The third-order valence-electron chi connectivity index (χ3n) is 6.59. The van der Waals surface area contributed by atoms with E-state index in [1.54, 1.807) is 7.05 Å². The zero-order valence-electron chi connectivity index (χ0n) is 23.2. The summed E-state index contributed by atoms with van der Waals surface area (Å²) in [6.07, 6.45) is 14.9. The highest BCUT2D eigenvalue weighted by molar-refractivity contribution is 6.10. The summed E-state index contributed by atoms with van der Waals surface area (Å²) >= 11 is 0. The van der Waals surface area contributed by atoms with E-state index in [4.69, 9.17) is 10.1 Å². The lowest BCUT2D eigenvalue weighted by Gasteiger charge is -2.23. The molecule has 1 aliphatic rings. The van der Waals surface area contributed by atoms with E-state index in [2.05, 4.69) is 81.0 Å². The maximum atomic E-state index is 9.12. The molecule has 1 fully saturated rings. The molecule has 0 aliphatic heterocycles. The standard InChI is InChI=1S/C24H29N3.C8H16O/c1-7-10-22(16-25-4)23-13-14-24(26-18(23)3)21-12-9-11-20(15-21)19(8-2)17-27(5)6;1-2-7-3-5-8(9)6-4-7/h8-17H,2,7H2,1,3-6H3;7-9H,2-6H2,1H3/b19-17+,22-10+,25-16?;. The minimum absolute atomic E-state index is 0.0211. The number of aryl methyl sites for hydroxylation is 1. The van der Waals surface area contributed by atoms with Crippen molar-refractivity contribution < 1.29 is 5.11 Å². The lowest BCUT2D eigenvalue weighted by atomic mass is 9.86. The average molecular weight is 488 g/mol. The summed E-state index contributed by atoms with van der Waals surface area (Å²) in [4.78, 5) is 11.1. The Morgan fingerprint density at radius 2 is 1.83 bits per heavy atom. The minimum atomic E-state index is 0.0211. The van der Waals surface area contributed by atoms with Gasteiger partial charge in [0.05, 0.1) is 11.8 Å².